The molecule has 2 unspecified atom stereocenters. The van der Waals surface area contributed by atoms with E-state index in [9.17, 15) is 19.5 Å². The fraction of sp³-hybridized carbons (Fsp3) is 0.870. The molecule has 0 heterocycles. The Morgan fingerprint density at radius 3 is 1.90 bits per heavy atom. The number of esters is 1. The Morgan fingerprint density at radius 2 is 1.48 bits per heavy atom. The first kappa shape index (κ1) is 22.1. The Balaban J connectivity index is 1.69. The second-order valence-electron chi connectivity index (χ2n) is 10.9. The summed E-state index contributed by atoms with van der Waals surface area (Å²) in [6.07, 6.45) is 6.30. The number of ether oxygens (including phenoxy) is 1. The Morgan fingerprint density at radius 1 is 0.966 bits per heavy atom. The van der Waals surface area contributed by atoms with E-state index >= 15 is 0 Å². The molecule has 4 aliphatic carbocycles. The highest BCUT2D eigenvalue weighted by molar-refractivity contribution is 5.81. The molecule has 29 heavy (non-hydrogen) atoms. The van der Waals surface area contributed by atoms with Crippen molar-refractivity contribution in [1.82, 2.24) is 0 Å². The van der Waals surface area contributed by atoms with E-state index in [2.05, 4.69) is 6.92 Å². The van der Waals surface area contributed by atoms with Crippen LogP contribution in [0.5, 0.6) is 0 Å². The predicted octanol–water partition coefficient (Wildman–Crippen LogP) is 4.51. The Kier molecular flexibility index (Phi) is 5.78. The summed E-state index contributed by atoms with van der Waals surface area (Å²) < 4.78 is 6.17. The van der Waals surface area contributed by atoms with Gasteiger partial charge >= 0.3 is 17.9 Å². The van der Waals surface area contributed by atoms with E-state index in [-0.39, 0.29) is 18.8 Å². The van der Waals surface area contributed by atoms with Crippen molar-refractivity contribution in [2.75, 3.05) is 0 Å². The zero-order valence-corrected chi connectivity index (χ0v) is 18.2. The summed E-state index contributed by atoms with van der Waals surface area (Å²) >= 11 is 0. The summed E-state index contributed by atoms with van der Waals surface area (Å²) in [4.78, 5) is 36.0. The van der Waals surface area contributed by atoms with E-state index in [1.807, 2.05) is 13.8 Å². The molecule has 4 aliphatic rings. The van der Waals surface area contributed by atoms with Gasteiger partial charge in [0.2, 0.25) is 0 Å². The molecule has 4 saturated carbocycles. The first-order valence-electron chi connectivity index (χ1n) is 11.1. The van der Waals surface area contributed by atoms with Gasteiger partial charge in [-0.25, -0.2) is 0 Å². The third-order valence-electron chi connectivity index (χ3n) is 8.39. The highest BCUT2D eigenvalue weighted by Gasteiger charge is 2.57. The zero-order valence-electron chi connectivity index (χ0n) is 18.2. The number of carbonyl (C=O) groups is 3. The molecule has 0 aliphatic heterocycles. The smallest absolute Gasteiger partial charge is 0.309 e. The van der Waals surface area contributed by atoms with Crippen LogP contribution in [-0.2, 0) is 19.1 Å². The maximum Gasteiger partial charge on any atom is 0.309 e. The SMILES string of the molecule is CCC(C)(CC(=O)OC1(C)C2CC3CC(C2)CC1C3)CC(C)(CC(=O)O)C(=O)O. The van der Waals surface area contributed by atoms with Crippen molar-refractivity contribution < 1.29 is 29.3 Å². The number of hydrogen-bond acceptors (Lipinski definition) is 4. The maximum absolute atomic E-state index is 13.0. The number of hydrogen-bond donors (Lipinski definition) is 2. The van der Waals surface area contributed by atoms with Crippen molar-refractivity contribution in [1.29, 1.82) is 0 Å². The molecule has 0 radical (unpaired) electrons. The highest BCUT2D eigenvalue weighted by atomic mass is 16.6. The third-order valence-corrected chi connectivity index (χ3v) is 8.39. The molecule has 6 nitrogen and oxygen atoms in total. The largest absolute Gasteiger partial charge is 0.481 e. The Hall–Kier alpha value is -1.59. The normalized spacial score (nSPS) is 36.8. The molecule has 4 bridgehead atoms. The van der Waals surface area contributed by atoms with Gasteiger partial charge in [-0.3, -0.25) is 14.4 Å². The quantitative estimate of drug-likeness (QED) is 0.545. The second-order valence-corrected chi connectivity index (χ2v) is 10.9. The van der Waals surface area contributed by atoms with E-state index in [1.54, 1.807) is 0 Å². The first-order chi connectivity index (χ1) is 13.4. The summed E-state index contributed by atoms with van der Waals surface area (Å²) in [7, 11) is 0. The minimum absolute atomic E-state index is 0.119. The Bertz CT molecular complexity index is 657. The van der Waals surface area contributed by atoms with Crippen LogP contribution in [0.2, 0.25) is 0 Å². The molecule has 0 spiro atoms. The zero-order chi connectivity index (χ0) is 21.6. The topological polar surface area (TPSA) is 101 Å². The van der Waals surface area contributed by atoms with Crippen molar-refractivity contribution in [2.24, 2.45) is 34.5 Å². The van der Waals surface area contributed by atoms with Crippen LogP contribution >= 0.6 is 0 Å². The van der Waals surface area contributed by atoms with Crippen LogP contribution < -0.4 is 0 Å². The first-order valence-corrected chi connectivity index (χ1v) is 11.1. The van der Waals surface area contributed by atoms with Crippen molar-refractivity contribution in [3.05, 3.63) is 0 Å². The van der Waals surface area contributed by atoms with Crippen molar-refractivity contribution in [2.45, 2.75) is 91.1 Å². The van der Waals surface area contributed by atoms with E-state index in [0.29, 0.717) is 18.3 Å². The van der Waals surface area contributed by atoms with Crippen molar-refractivity contribution >= 4 is 17.9 Å². The summed E-state index contributed by atoms with van der Waals surface area (Å²) in [5, 5.41) is 18.8. The molecule has 0 aromatic rings. The van der Waals surface area contributed by atoms with Crippen LogP contribution in [-0.4, -0.2) is 33.7 Å². The van der Waals surface area contributed by atoms with Crippen LogP contribution in [0.25, 0.3) is 0 Å². The average Bonchev–Trinajstić information content (AvgIpc) is 2.58. The predicted molar refractivity (Wildman–Crippen MR) is 107 cm³/mol. The van der Waals surface area contributed by atoms with Crippen molar-refractivity contribution in [3.8, 4) is 0 Å². The number of carboxylic acid groups (broad SMARTS) is 2. The number of aliphatic carboxylic acids is 2. The van der Waals surface area contributed by atoms with Gasteiger partial charge in [0.15, 0.2) is 0 Å². The molecular weight excluding hydrogens is 372 g/mol. The molecule has 4 rings (SSSR count). The lowest BCUT2D eigenvalue weighted by molar-refractivity contribution is -0.205. The van der Waals surface area contributed by atoms with Crippen molar-refractivity contribution in [3.63, 3.8) is 0 Å². The molecular formula is C23H36O6. The van der Waals surface area contributed by atoms with E-state index in [0.717, 1.165) is 37.5 Å². The van der Waals surface area contributed by atoms with Gasteiger partial charge in [0.05, 0.1) is 18.3 Å². The van der Waals surface area contributed by atoms with Crippen LogP contribution in [0.15, 0.2) is 0 Å². The van der Waals surface area contributed by atoms with E-state index in [4.69, 9.17) is 9.84 Å². The van der Waals surface area contributed by atoms with Gasteiger partial charge in [0.25, 0.3) is 0 Å². The lowest BCUT2D eigenvalue weighted by Crippen LogP contribution is -2.58. The molecule has 2 atom stereocenters. The van der Waals surface area contributed by atoms with Crippen LogP contribution in [0.3, 0.4) is 0 Å². The van der Waals surface area contributed by atoms with Crippen LogP contribution in [0, 0.1) is 34.5 Å². The molecule has 0 aromatic carbocycles. The fourth-order valence-corrected chi connectivity index (χ4v) is 6.72. The van der Waals surface area contributed by atoms with E-state index in [1.165, 1.54) is 13.3 Å². The van der Waals surface area contributed by atoms with Gasteiger partial charge in [-0.1, -0.05) is 20.3 Å². The van der Waals surface area contributed by atoms with Gasteiger partial charge in [-0.15, -0.1) is 0 Å². The lowest BCUT2D eigenvalue weighted by Gasteiger charge is -2.59. The summed E-state index contributed by atoms with van der Waals surface area (Å²) in [5.41, 5.74) is -2.44. The average molecular weight is 409 g/mol. The maximum atomic E-state index is 13.0. The van der Waals surface area contributed by atoms with Crippen LogP contribution in [0.1, 0.15) is 85.5 Å². The molecule has 0 amide bonds. The summed E-state index contributed by atoms with van der Waals surface area (Å²) in [5.74, 6) is -0.0981. The molecule has 6 heteroatoms. The Labute approximate surface area is 173 Å². The highest BCUT2D eigenvalue weighted by Crippen LogP contribution is 2.59. The van der Waals surface area contributed by atoms with E-state index < -0.39 is 34.8 Å². The summed E-state index contributed by atoms with van der Waals surface area (Å²) in [6.45, 7) is 7.35. The molecule has 0 saturated heterocycles. The van der Waals surface area contributed by atoms with Crippen LogP contribution in [0.4, 0.5) is 0 Å². The lowest BCUT2D eigenvalue weighted by atomic mass is 9.50. The van der Waals surface area contributed by atoms with Gasteiger partial charge in [-0.05, 0) is 81.5 Å². The molecule has 164 valence electrons. The third kappa shape index (κ3) is 4.31. The molecule has 2 N–H and O–H groups in total. The minimum atomic E-state index is -1.41. The van der Waals surface area contributed by atoms with Gasteiger partial charge in [0, 0.05) is 0 Å². The van der Waals surface area contributed by atoms with Gasteiger partial charge in [-0.2, -0.15) is 0 Å². The number of rotatable bonds is 9. The number of carboxylic acids is 2. The fourth-order valence-electron chi connectivity index (χ4n) is 6.72. The molecule has 4 fully saturated rings. The summed E-state index contributed by atoms with van der Waals surface area (Å²) in [6, 6.07) is 0. The monoisotopic (exact) mass is 408 g/mol. The van der Waals surface area contributed by atoms with Gasteiger partial charge in [0.1, 0.15) is 5.60 Å². The standard InChI is InChI=1S/C23H36O6/c1-5-21(2,13-22(3,20(27)28)11-18(24)25)12-19(26)29-23(4)16-7-14-6-15(9-16)10-17(23)8-14/h14-17H,5-13H2,1-4H3,(H,24,25)(H,27,28). The number of carbonyl (C=O) groups excluding carboxylic acids is 1. The second kappa shape index (κ2) is 7.59. The molecule has 0 aromatic heterocycles. The van der Waals surface area contributed by atoms with Gasteiger partial charge < -0.3 is 14.9 Å². The minimum Gasteiger partial charge on any atom is -0.481 e.